The van der Waals surface area contributed by atoms with Crippen LogP contribution >= 0.6 is 0 Å². The molecule has 1 fully saturated rings. The van der Waals surface area contributed by atoms with Gasteiger partial charge in [-0.25, -0.2) is 9.97 Å². The van der Waals surface area contributed by atoms with Crippen LogP contribution in [0.25, 0.3) is 0 Å². The van der Waals surface area contributed by atoms with E-state index in [1.807, 2.05) is 13.0 Å². The van der Waals surface area contributed by atoms with E-state index in [1.165, 1.54) is 19.3 Å². The Labute approximate surface area is 116 Å². The molecule has 106 valence electrons. The maximum Gasteiger partial charge on any atom is 0.133 e. The first-order valence-corrected chi connectivity index (χ1v) is 7.41. The third-order valence-electron chi connectivity index (χ3n) is 3.90. The molecule has 0 aromatic carbocycles. The number of nitrogens with one attached hydrogen (secondary N) is 1. The summed E-state index contributed by atoms with van der Waals surface area (Å²) in [5, 5.41) is 3.45. The molecule has 1 aromatic heterocycles. The summed E-state index contributed by atoms with van der Waals surface area (Å²) < 4.78 is 0. The van der Waals surface area contributed by atoms with E-state index in [9.17, 15) is 0 Å². The second-order valence-electron chi connectivity index (χ2n) is 6.00. The fraction of sp³-hybridized carbons (Fsp3) is 0.733. The standard InChI is InChI=1S/C15H26N4/c1-10(2)15-18-11(3)8-14(19-15)17-9-12-6-4-5-7-13(12)16/h8,10,12-13H,4-7,9,16H2,1-3H3,(H,17,18,19). The fourth-order valence-corrected chi connectivity index (χ4v) is 2.67. The quantitative estimate of drug-likeness (QED) is 0.875. The van der Waals surface area contributed by atoms with E-state index >= 15 is 0 Å². The number of nitrogens with two attached hydrogens (primary N) is 1. The Bertz CT molecular complexity index is 417. The Morgan fingerprint density at radius 2 is 2.05 bits per heavy atom. The second-order valence-corrected chi connectivity index (χ2v) is 6.00. The largest absolute Gasteiger partial charge is 0.370 e. The normalized spacial score (nSPS) is 23.6. The molecule has 4 nitrogen and oxygen atoms in total. The van der Waals surface area contributed by atoms with Crippen LogP contribution in [-0.2, 0) is 0 Å². The average Bonchev–Trinajstić information content (AvgIpc) is 2.37. The number of aromatic nitrogens is 2. The van der Waals surface area contributed by atoms with E-state index in [0.717, 1.165) is 30.3 Å². The minimum atomic E-state index is 0.341. The van der Waals surface area contributed by atoms with Gasteiger partial charge in [0.25, 0.3) is 0 Å². The third kappa shape index (κ3) is 3.90. The zero-order chi connectivity index (χ0) is 13.8. The highest BCUT2D eigenvalue weighted by molar-refractivity contribution is 5.36. The van der Waals surface area contributed by atoms with Crippen molar-refractivity contribution >= 4 is 5.82 Å². The highest BCUT2D eigenvalue weighted by Crippen LogP contribution is 2.23. The summed E-state index contributed by atoms with van der Waals surface area (Å²) in [4.78, 5) is 9.05. The molecule has 0 spiro atoms. The van der Waals surface area contributed by atoms with E-state index in [-0.39, 0.29) is 0 Å². The lowest BCUT2D eigenvalue weighted by Gasteiger charge is -2.28. The molecule has 3 N–H and O–H groups in total. The van der Waals surface area contributed by atoms with Crippen LogP contribution in [0, 0.1) is 12.8 Å². The maximum absolute atomic E-state index is 6.18. The van der Waals surface area contributed by atoms with Crippen molar-refractivity contribution in [2.75, 3.05) is 11.9 Å². The number of aryl methyl sites for hydroxylation is 1. The summed E-state index contributed by atoms with van der Waals surface area (Å²) in [6.07, 6.45) is 4.98. The van der Waals surface area contributed by atoms with Crippen LogP contribution in [0.2, 0.25) is 0 Å². The predicted octanol–water partition coefficient (Wildman–Crippen LogP) is 2.84. The van der Waals surface area contributed by atoms with Gasteiger partial charge >= 0.3 is 0 Å². The molecule has 0 radical (unpaired) electrons. The minimum Gasteiger partial charge on any atom is -0.370 e. The zero-order valence-electron chi connectivity index (χ0n) is 12.3. The summed E-state index contributed by atoms with van der Waals surface area (Å²) >= 11 is 0. The van der Waals surface area contributed by atoms with Gasteiger partial charge in [-0.2, -0.15) is 0 Å². The van der Waals surface area contributed by atoms with Crippen LogP contribution in [0.4, 0.5) is 5.82 Å². The molecule has 2 unspecified atom stereocenters. The lowest BCUT2D eigenvalue weighted by molar-refractivity contribution is 0.321. The van der Waals surface area contributed by atoms with Crippen LogP contribution in [0.5, 0.6) is 0 Å². The molecule has 2 rings (SSSR count). The second kappa shape index (κ2) is 6.33. The molecule has 19 heavy (non-hydrogen) atoms. The number of hydrogen-bond acceptors (Lipinski definition) is 4. The number of anilines is 1. The van der Waals surface area contributed by atoms with Crippen molar-refractivity contribution in [1.82, 2.24) is 9.97 Å². The van der Waals surface area contributed by atoms with Crippen LogP contribution in [0.15, 0.2) is 6.07 Å². The molecule has 2 atom stereocenters. The predicted molar refractivity (Wildman–Crippen MR) is 79.3 cm³/mol. The third-order valence-corrected chi connectivity index (χ3v) is 3.90. The van der Waals surface area contributed by atoms with Gasteiger partial charge in [0.1, 0.15) is 11.6 Å². The van der Waals surface area contributed by atoms with Gasteiger partial charge in [-0.05, 0) is 25.7 Å². The van der Waals surface area contributed by atoms with Gasteiger partial charge in [-0.1, -0.05) is 26.7 Å². The van der Waals surface area contributed by atoms with Gasteiger partial charge in [0.2, 0.25) is 0 Å². The van der Waals surface area contributed by atoms with Crippen molar-refractivity contribution < 1.29 is 0 Å². The SMILES string of the molecule is Cc1cc(NCC2CCCCC2N)nc(C(C)C)n1. The first-order chi connectivity index (χ1) is 9.06. The molecule has 0 amide bonds. The molecule has 0 aliphatic heterocycles. The van der Waals surface area contributed by atoms with Gasteiger partial charge in [0.05, 0.1) is 0 Å². The molecule has 1 saturated carbocycles. The molecule has 0 bridgehead atoms. The van der Waals surface area contributed by atoms with Crippen molar-refractivity contribution in [2.45, 2.75) is 58.4 Å². The van der Waals surface area contributed by atoms with E-state index in [0.29, 0.717) is 17.9 Å². The van der Waals surface area contributed by atoms with Crippen molar-refractivity contribution in [3.8, 4) is 0 Å². The van der Waals surface area contributed by atoms with E-state index < -0.39 is 0 Å². The molecule has 1 heterocycles. The van der Waals surface area contributed by atoms with Gasteiger partial charge in [0.15, 0.2) is 0 Å². The summed E-state index contributed by atoms with van der Waals surface area (Å²) in [6, 6.07) is 2.36. The fourth-order valence-electron chi connectivity index (χ4n) is 2.67. The van der Waals surface area contributed by atoms with Crippen molar-refractivity contribution in [1.29, 1.82) is 0 Å². The van der Waals surface area contributed by atoms with Gasteiger partial charge < -0.3 is 11.1 Å². The Morgan fingerprint density at radius 3 is 2.74 bits per heavy atom. The van der Waals surface area contributed by atoms with Gasteiger partial charge in [-0.3, -0.25) is 0 Å². The first-order valence-electron chi connectivity index (χ1n) is 7.41. The van der Waals surface area contributed by atoms with Gasteiger partial charge in [0, 0.05) is 30.3 Å². The molecule has 0 saturated heterocycles. The maximum atomic E-state index is 6.18. The molecular formula is C15H26N4. The lowest BCUT2D eigenvalue weighted by atomic mass is 9.85. The smallest absolute Gasteiger partial charge is 0.133 e. The Morgan fingerprint density at radius 1 is 1.32 bits per heavy atom. The molecule has 1 aliphatic carbocycles. The Hall–Kier alpha value is -1.16. The zero-order valence-corrected chi connectivity index (χ0v) is 12.3. The van der Waals surface area contributed by atoms with Crippen molar-refractivity contribution in [2.24, 2.45) is 11.7 Å². The van der Waals surface area contributed by atoms with Crippen LogP contribution in [0.1, 0.15) is 57.0 Å². The first kappa shape index (κ1) is 14.3. The van der Waals surface area contributed by atoms with Crippen LogP contribution in [0.3, 0.4) is 0 Å². The number of hydrogen-bond donors (Lipinski definition) is 2. The van der Waals surface area contributed by atoms with Crippen molar-refractivity contribution in [3.05, 3.63) is 17.6 Å². The topological polar surface area (TPSA) is 63.8 Å². The molecule has 1 aliphatic rings. The molecule has 1 aromatic rings. The summed E-state index contributed by atoms with van der Waals surface area (Å²) in [6.45, 7) is 7.19. The number of nitrogens with zero attached hydrogens (tertiary/aromatic N) is 2. The molecule has 4 heteroatoms. The van der Waals surface area contributed by atoms with E-state index in [4.69, 9.17) is 5.73 Å². The highest BCUT2D eigenvalue weighted by atomic mass is 15.0. The highest BCUT2D eigenvalue weighted by Gasteiger charge is 2.21. The van der Waals surface area contributed by atoms with E-state index in [1.54, 1.807) is 0 Å². The van der Waals surface area contributed by atoms with Gasteiger partial charge in [-0.15, -0.1) is 0 Å². The summed E-state index contributed by atoms with van der Waals surface area (Å²) in [5.41, 5.74) is 7.20. The lowest BCUT2D eigenvalue weighted by Crippen LogP contribution is -2.37. The Kier molecular flexibility index (Phi) is 4.75. The summed E-state index contributed by atoms with van der Waals surface area (Å²) in [7, 11) is 0. The number of rotatable bonds is 4. The average molecular weight is 262 g/mol. The van der Waals surface area contributed by atoms with Crippen LogP contribution in [-0.4, -0.2) is 22.6 Å². The van der Waals surface area contributed by atoms with Crippen LogP contribution < -0.4 is 11.1 Å². The Balaban J connectivity index is 1.98. The molecular weight excluding hydrogens is 236 g/mol. The minimum absolute atomic E-state index is 0.341. The van der Waals surface area contributed by atoms with E-state index in [2.05, 4.69) is 29.1 Å². The monoisotopic (exact) mass is 262 g/mol. The summed E-state index contributed by atoms with van der Waals surface area (Å²) in [5.74, 6) is 2.79. The van der Waals surface area contributed by atoms with Crippen molar-refractivity contribution in [3.63, 3.8) is 0 Å².